The molecule has 0 aliphatic carbocycles. The third-order valence-corrected chi connectivity index (χ3v) is 3.47. The highest BCUT2D eigenvalue weighted by molar-refractivity contribution is 6.03. The summed E-state index contributed by atoms with van der Waals surface area (Å²) >= 11 is 0. The van der Waals surface area contributed by atoms with Crippen LogP contribution in [0.2, 0.25) is 0 Å². The molecular formula is C13H16FNO. The number of halogens is 1. The summed E-state index contributed by atoms with van der Waals surface area (Å²) in [4.78, 5) is 11.9. The minimum absolute atomic E-state index is 0.0122. The van der Waals surface area contributed by atoms with Gasteiger partial charge in [-0.05, 0) is 35.6 Å². The van der Waals surface area contributed by atoms with Crippen LogP contribution in [0.5, 0.6) is 0 Å². The van der Waals surface area contributed by atoms with Crippen molar-refractivity contribution in [3.63, 3.8) is 0 Å². The van der Waals surface area contributed by atoms with Crippen LogP contribution in [-0.4, -0.2) is 5.91 Å². The quantitative estimate of drug-likeness (QED) is 0.816. The van der Waals surface area contributed by atoms with Gasteiger partial charge < -0.3 is 5.32 Å². The number of rotatable bonds is 2. The van der Waals surface area contributed by atoms with Gasteiger partial charge >= 0.3 is 0 Å². The Kier molecular flexibility index (Phi) is 2.70. The summed E-state index contributed by atoms with van der Waals surface area (Å²) in [6, 6.07) is 4.48. The molecule has 1 aliphatic heterocycles. The molecular weight excluding hydrogens is 205 g/mol. The molecule has 1 aromatic rings. The Morgan fingerprint density at radius 1 is 1.31 bits per heavy atom. The third-order valence-electron chi connectivity index (χ3n) is 3.47. The summed E-state index contributed by atoms with van der Waals surface area (Å²) in [5.41, 5.74) is 1.55. The second-order valence-electron chi connectivity index (χ2n) is 4.80. The van der Waals surface area contributed by atoms with Crippen LogP contribution >= 0.6 is 0 Å². The lowest BCUT2D eigenvalue weighted by molar-refractivity contribution is -0.118. The maximum atomic E-state index is 13.2. The molecule has 2 nitrogen and oxygen atoms in total. The van der Waals surface area contributed by atoms with E-state index >= 15 is 0 Å². The molecule has 2 rings (SSSR count). The van der Waals surface area contributed by atoms with Crippen molar-refractivity contribution >= 4 is 11.6 Å². The van der Waals surface area contributed by atoms with Gasteiger partial charge in [0.25, 0.3) is 0 Å². The Morgan fingerprint density at radius 3 is 2.62 bits per heavy atom. The Labute approximate surface area is 94.9 Å². The van der Waals surface area contributed by atoms with Gasteiger partial charge in [-0.1, -0.05) is 20.8 Å². The summed E-state index contributed by atoms with van der Waals surface area (Å²) in [6.45, 7) is 6.19. The van der Waals surface area contributed by atoms with E-state index in [1.807, 2.05) is 6.92 Å². The molecule has 0 saturated heterocycles. The molecule has 0 fully saturated rings. The summed E-state index contributed by atoms with van der Waals surface area (Å²) < 4.78 is 13.2. The number of amides is 1. The predicted molar refractivity (Wildman–Crippen MR) is 61.8 cm³/mol. The van der Waals surface area contributed by atoms with Crippen LogP contribution in [0, 0.1) is 17.7 Å². The Bertz CT molecular complexity index is 428. The van der Waals surface area contributed by atoms with Crippen LogP contribution in [0.4, 0.5) is 10.1 Å². The molecule has 3 heteroatoms. The zero-order valence-electron chi connectivity index (χ0n) is 9.75. The predicted octanol–water partition coefficient (Wildman–Crippen LogP) is 3.15. The maximum absolute atomic E-state index is 13.2. The average molecular weight is 221 g/mol. The first-order valence-corrected chi connectivity index (χ1v) is 5.61. The number of carbonyl (C=O) groups excluding carboxylic acids is 1. The molecule has 2 atom stereocenters. The van der Waals surface area contributed by atoms with Crippen LogP contribution in [0.15, 0.2) is 18.2 Å². The van der Waals surface area contributed by atoms with Gasteiger partial charge in [-0.2, -0.15) is 0 Å². The van der Waals surface area contributed by atoms with Gasteiger partial charge in [-0.15, -0.1) is 0 Å². The van der Waals surface area contributed by atoms with Gasteiger partial charge in [0.1, 0.15) is 5.82 Å². The molecule has 16 heavy (non-hydrogen) atoms. The van der Waals surface area contributed by atoms with Crippen molar-refractivity contribution in [2.45, 2.75) is 26.7 Å². The number of carbonyl (C=O) groups is 1. The van der Waals surface area contributed by atoms with Crippen molar-refractivity contribution < 1.29 is 9.18 Å². The van der Waals surface area contributed by atoms with E-state index in [4.69, 9.17) is 0 Å². The first-order chi connectivity index (χ1) is 7.50. The van der Waals surface area contributed by atoms with Crippen LogP contribution < -0.4 is 5.32 Å². The summed E-state index contributed by atoms with van der Waals surface area (Å²) in [5.74, 6) is 0.0942. The fraction of sp³-hybridized carbons (Fsp3) is 0.462. The van der Waals surface area contributed by atoms with Gasteiger partial charge in [0.15, 0.2) is 0 Å². The lowest BCUT2D eigenvalue weighted by atomic mass is 9.81. The lowest BCUT2D eigenvalue weighted by Crippen LogP contribution is -2.22. The zero-order valence-corrected chi connectivity index (χ0v) is 9.75. The van der Waals surface area contributed by atoms with Gasteiger partial charge in [-0.3, -0.25) is 4.79 Å². The molecule has 86 valence electrons. The first kappa shape index (κ1) is 11.1. The van der Waals surface area contributed by atoms with E-state index < -0.39 is 0 Å². The topological polar surface area (TPSA) is 29.1 Å². The molecule has 0 aromatic heterocycles. The number of hydrogen-bond donors (Lipinski definition) is 1. The van der Waals surface area contributed by atoms with Gasteiger partial charge in [-0.25, -0.2) is 4.39 Å². The highest BCUT2D eigenvalue weighted by Crippen LogP contribution is 2.40. The number of nitrogens with one attached hydrogen (secondary N) is 1. The fourth-order valence-corrected chi connectivity index (χ4v) is 2.16. The second kappa shape index (κ2) is 3.89. The lowest BCUT2D eigenvalue weighted by Gasteiger charge is -2.21. The summed E-state index contributed by atoms with van der Waals surface area (Å²) in [5, 5.41) is 2.80. The minimum atomic E-state index is -0.281. The number of benzene rings is 1. The van der Waals surface area contributed by atoms with Crippen LogP contribution in [0.1, 0.15) is 32.3 Å². The highest BCUT2D eigenvalue weighted by Gasteiger charge is 2.35. The molecule has 1 aromatic carbocycles. The van der Waals surface area contributed by atoms with Crippen molar-refractivity contribution in [2.24, 2.45) is 11.8 Å². The Hall–Kier alpha value is -1.38. The normalized spacial score (nSPS) is 20.8. The third kappa shape index (κ3) is 1.70. The molecule has 2 unspecified atom stereocenters. The molecule has 1 amide bonds. The standard InChI is InChI=1S/C13H16FNO/c1-7(2)8(3)12-10-6-9(14)4-5-11(10)15-13(12)16/h4-8,12H,1-3H3,(H,15,16). The smallest absolute Gasteiger partial charge is 0.232 e. The van der Waals surface area contributed by atoms with Crippen LogP contribution in [0.3, 0.4) is 0 Å². The Balaban J connectivity index is 2.42. The number of anilines is 1. The van der Waals surface area contributed by atoms with Crippen molar-refractivity contribution in [3.05, 3.63) is 29.6 Å². The second-order valence-corrected chi connectivity index (χ2v) is 4.80. The van der Waals surface area contributed by atoms with Crippen LogP contribution in [0.25, 0.3) is 0 Å². The maximum Gasteiger partial charge on any atom is 0.232 e. The Morgan fingerprint density at radius 2 is 2.00 bits per heavy atom. The minimum Gasteiger partial charge on any atom is -0.325 e. The molecule has 1 heterocycles. The van der Waals surface area contributed by atoms with Gasteiger partial charge in [0.2, 0.25) is 5.91 Å². The zero-order chi connectivity index (χ0) is 11.9. The number of fused-ring (bicyclic) bond motifs is 1. The van der Waals surface area contributed by atoms with E-state index in [9.17, 15) is 9.18 Å². The van der Waals surface area contributed by atoms with Crippen molar-refractivity contribution in [1.29, 1.82) is 0 Å². The monoisotopic (exact) mass is 221 g/mol. The molecule has 0 spiro atoms. The van der Waals surface area contributed by atoms with E-state index in [0.29, 0.717) is 5.92 Å². The first-order valence-electron chi connectivity index (χ1n) is 5.61. The van der Waals surface area contributed by atoms with Crippen molar-refractivity contribution in [2.75, 3.05) is 5.32 Å². The van der Waals surface area contributed by atoms with Crippen LogP contribution in [-0.2, 0) is 4.79 Å². The summed E-state index contributed by atoms with van der Waals surface area (Å²) in [6.07, 6.45) is 0. The van der Waals surface area contributed by atoms with E-state index in [0.717, 1.165) is 11.3 Å². The molecule has 0 bridgehead atoms. The van der Waals surface area contributed by atoms with E-state index in [1.165, 1.54) is 12.1 Å². The summed E-state index contributed by atoms with van der Waals surface area (Å²) in [7, 11) is 0. The highest BCUT2D eigenvalue weighted by atomic mass is 19.1. The molecule has 0 radical (unpaired) electrons. The molecule has 1 N–H and O–H groups in total. The van der Waals surface area contributed by atoms with Crippen molar-refractivity contribution in [3.8, 4) is 0 Å². The molecule has 0 saturated carbocycles. The SMILES string of the molecule is CC(C)C(C)C1C(=O)Nc2ccc(F)cc21. The van der Waals surface area contributed by atoms with Crippen molar-refractivity contribution in [1.82, 2.24) is 0 Å². The van der Waals surface area contributed by atoms with Gasteiger partial charge in [0, 0.05) is 5.69 Å². The number of hydrogen-bond acceptors (Lipinski definition) is 1. The van der Waals surface area contributed by atoms with E-state index in [2.05, 4.69) is 19.2 Å². The fourth-order valence-electron chi connectivity index (χ4n) is 2.16. The van der Waals surface area contributed by atoms with E-state index in [1.54, 1.807) is 6.07 Å². The largest absolute Gasteiger partial charge is 0.325 e. The van der Waals surface area contributed by atoms with Gasteiger partial charge in [0.05, 0.1) is 5.92 Å². The average Bonchev–Trinajstić information content (AvgIpc) is 2.52. The molecule has 1 aliphatic rings. The van der Waals surface area contributed by atoms with E-state index in [-0.39, 0.29) is 23.6 Å².